The lowest BCUT2D eigenvalue weighted by Gasteiger charge is -2.23. The molecule has 0 radical (unpaired) electrons. The smallest absolute Gasteiger partial charge is 0.184 e. The molecule has 0 saturated carbocycles. The molecule has 1 unspecified atom stereocenters. The van der Waals surface area contributed by atoms with E-state index in [1.807, 2.05) is 13.1 Å². The summed E-state index contributed by atoms with van der Waals surface area (Å²) in [6, 6.07) is 0.229. The number of carbonyl (C=O) groups is 1. The van der Waals surface area contributed by atoms with Gasteiger partial charge >= 0.3 is 0 Å². The number of nitrogens with zero attached hydrogens (tertiary/aromatic N) is 1. The van der Waals surface area contributed by atoms with Gasteiger partial charge in [0.15, 0.2) is 5.78 Å². The van der Waals surface area contributed by atoms with Crippen LogP contribution in [-0.2, 0) is 4.79 Å². The van der Waals surface area contributed by atoms with Gasteiger partial charge < -0.3 is 0 Å². The van der Waals surface area contributed by atoms with E-state index < -0.39 is 0 Å². The van der Waals surface area contributed by atoms with Crippen molar-refractivity contribution < 1.29 is 4.79 Å². The molecular formula is C14H19NO. The summed E-state index contributed by atoms with van der Waals surface area (Å²) in [6.07, 6.45) is 4.82. The number of allylic oxidation sites excluding steroid dienone is 2. The summed E-state index contributed by atoms with van der Waals surface area (Å²) in [4.78, 5) is 16.4. The van der Waals surface area contributed by atoms with Crippen molar-refractivity contribution in [3.05, 3.63) is 23.3 Å². The van der Waals surface area contributed by atoms with E-state index in [1.165, 1.54) is 5.57 Å². The summed E-state index contributed by atoms with van der Waals surface area (Å²) in [6.45, 7) is 10.1. The first-order valence-electron chi connectivity index (χ1n) is 5.87. The number of aliphatic imine (C=N–C) groups is 1. The minimum Gasteiger partial charge on any atom is -0.289 e. The minimum atomic E-state index is 0.140. The van der Waals surface area contributed by atoms with Gasteiger partial charge in [0.05, 0.1) is 6.04 Å². The molecule has 2 nitrogen and oxygen atoms in total. The zero-order chi connectivity index (χ0) is 11.9. The van der Waals surface area contributed by atoms with Crippen LogP contribution in [0.2, 0.25) is 0 Å². The molecule has 2 rings (SSSR count). The predicted molar refractivity (Wildman–Crippen MR) is 66.8 cm³/mol. The number of hydrogen-bond acceptors (Lipinski definition) is 2. The lowest BCUT2D eigenvalue weighted by molar-refractivity contribution is -0.112. The Labute approximate surface area is 97.1 Å². The van der Waals surface area contributed by atoms with Crippen molar-refractivity contribution in [1.29, 1.82) is 0 Å². The molecule has 1 atom stereocenters. The molecule has 1 heterocycles. The van der Waals surface area contributed by atoms with E-state index in [0.29, 0.717) is 0 Å². The van der Waals surface area contributed by atoms with Gasteiger partial charge in [-0.25, -0.2) is 0 Å². The Bertz CT molecular complexity index is 412. The largest absolute Gasteiger partial charge is 0.289 e. The molecule has 0 spiro atoms. The molecule has 86 valence electrons. The first kappa shape index (κ1) is 11.3. The van der Waals surface area contributed by atoms with Crippen LogP contribution in [0.1, 0.15) is 40.0 Å². The van der Waals surface area contributed by atoms with Gasteiger partial charge in [-0.05, 0) is 42.9 Å². The van der Waals surface area contributed by atoms with Gasteiger partial charge in [-0.1, -0.05) is 20.4 Å². The summed E-state index contributed by atoms with van der Waals surface area (Å²) in [7, 11) is 0. The van der Waals surface area contributed by atoms with Crippen molar-refractivity contribution in [3.63, 3.8) is 0 Å². The molecule has 2 heteroatoms. The van der Waals surface area contributed by atoms with Crippen LogP contribution in [0.4, 0.5) is 0 Å². The van der Waals surface area contributed by atoms with Crippen molar-refractivity contribution in [2.75, 3.05) is 0 Å². The Morgan fingerprint density at radius 1 is 1.44 bits per heavy atom. The highest BCUT2D eigenvalue weighted by atomic mass is 16.1. The fourth-order valence-electron chi connectivity index (χ4n) is 2.52. The molecule has 16 heavy (non-hydrogen) atoms. The maximum absolute atomic E-state index is 11.8. The third-order valence-electron chi connectivity index (χ3n) is 3.57. The Hall–Kier alpha value is -1.18. The number of ketones is 1. The van der Waals surface area contributed by atoms with E-state index in [0.717, 1.165) is 30.4 Å². The minimum absolute atomic E-state index is 0.140. The second-order valence-electron chi connectivity index (χ2n) is 5.57. The van der Waals surface area contributed by atoms with Crippen LogP contribution in [0.3, 0.4) is 0 Å². The second-order valence-corrected chi connectivity index (χ2v) is 5.57. The van der Waals surface area contributed by atoms with Crippen molar-refractivity contribution in [1.82, 2.24) is 0 Å². The monoisotopic (exact) mass is 217 g/mol. The molecule has 1 aliphatic carbocycles. The fraction of sp³-hybridized carbons (Fsp3) is 0.571. The average Bonchev–Trinajstić information content (AvgIpc) is 2.55. The Balaban J connectivity index is 2.26. The molecule has 1 aliphatic heterocycles. The van der Waals surface area contributed by atoms with Crippen molar-refractivity contribution in [3.8, 4) is 0 Å². The topological polar surface area (TPSA) is 29.4 Å². The summed E-state index contributed by atoms with van der Waals surface area (Å²) in [5, 5.41) is 0. The molecule has 2 aliphatic rings. The molecule has 0 N–H and O–H groups in total. The molecule has 0 fully saturated rings. The highest BCUT2D eigenvalue weighted by Gasteiger charge is 2.32. The third-order valence-corrected chi connectivity index (χ3v) is 3.57. The van der Waals surface area contributed by atoms with Gasteiger partial charge in [-0.2, -0.15) is 0 Å². The maximum atomic E-state index is 11.8. The van der Waals surface area contributed by atoms with Crippen molar-refractivity contribution >= 4 is 12.0 Å². The van der Waals surface area contributed by atoms with E-state index in [9.17, 15) is 4.79 Å². The van der Waals surface area contributed by atoms with Gasteiger partial charge in [0.2, 0.25) is 0 Å². The lowest BCUT2D eigenvalue weighted by Crippen LogP contribution is -2.20. The van der Waals surface area contributed by atoms with Crippen molar-refractivity contribution in [2.24, 2.45) is 10.4 Å². The van der Waals surface area contributed by atoms with E-state index >= 15 is 0 Å². The SMILES string of the molecule is C=C1CCC(C2CC(C)(C)C=N2)=C(C)C1=O. The Morgan fingerprint density at radius 2 is 2.12 bits per heavy atom. The molecule has 0 aromatic carbocycles. The molecule has 0 amide bonds. The molecule has 0 aromatic heterocycles. The highest BCUT2D eigenvalue weighted by Crippen LogP contribution is 2.36. The first-order valence-corrected chi connectivity index (χ1v) is 5.87. The quantitative estimate of drug-likeness (QED) is 0.621. The third kappa shape index (κ3) is 1.89. The van der Waals surface area contributed by atoms with Gasteiger partial charge in [-0.3, -0.25) is 9.79 Å². The number of Topliss-reactive ketones (excluding diaryl/α,β-unsaturated/α-hetero) is 1. The van der Waals surface area contributed by atoms with E-state index in [2.05, 4.69) is 25.4 Å². The van der Waals surface area contributed by atoms with Crippen LogP contribution in [0.15, 0.2) is 28.3 Å². The van der Waals surface area contributed by atoms with E-state index in [-0.39, 0.29) is 17.2 Å². The van der Waals surface area contributed by atoms with Crippen LogP contribution in [0.25, 0.3) is 0 Å². The normalized spacial score (nSPS) is 29.1. The predicted octanol–water partition coefficient (Wildman–Crippen LogP) is 3.09. The highest BCUT2D eigenvalue weighted by molar-refractivity contribution is 6.09. The van der Waals surface area contributed by atoms with Crippen LogP contribution < -0.4 is 0 Å². The fourth-order valence-corrected chi connectivity index (χ4v) is 2.52. The van der Waals surface area contributed by atoms with Crippen LogP contribution in [-0.4, -0.2) is 18.0 Å². The lowest BCUT2D eigenvalue weighted by atomic mass is 9.81. The average molecular weight is 217 g/mol. The first-order chi connectivity index (χ1) is 7.41. The standard InChI is InChI=1S/C14H19NO/c1-9-5-6-11(10(2)13(9)16)12-7-14(3,4)8-15-12/h8,12H,1,5-7H2,2-4H3. The summed E-state index contributed by atoms with van der Waals surface area (Å²) in [5.41, 5.74) is 3.05. The Morgan fingerprint density at radius 3 is 2.69 bits per heavy atom. The van der Waals surface area contributed by atoms with Gasteiger partial charge in [-0.15, -0.1) is 0 Å². The zero-order valence-electron chi connectivity index (χ0n) is 10.3. The zero-order valence-corrected chi connectivity index (χ0v) is 10.3. The van der Waals surface area contributed by atoms with Crippen LogP contribution >= 0.6 is 0 Å². The van der Waals surface area contributed by atoms with Crippen molar-refractivity contribution in [2.45, 2.75) is 46.1 Å². The molecule has 0 bridgehead atoms. The van der Waals surface area contributed by atoms with E-state index in [4.69, 9.17) is 0 Å². The van der Waals surface area contributed by atoms with Gasteiger partial charge in [0, 0.05) is 11.6 Å². The molecule has 0 saturated heterocycles. The maximum Gasteiger partial charge on any atom is 0.184 e. The molecule has 0 aromatic rings. The van der Waals surface area contributed by atoms with Gasteiger partial charge in [0.25, 0.3) is 0 Å². The Kier molecular flexibility index (Phi) is 2.61. The number of carbonyl (C=O) groups excluding carboxylic acids is 1. The summed E-state index contributed by atoms with van der Waals surface area (Å²) >= 11 is 0. The van der Waals surface area contributed by atoms with E-state index in [1.54, 1.807) is 0 Å². The van der Waals surface area contributed by atoms with Gasteiger partial charge in [0.1, 0.15) is 0 Å². The summed E-state index contributed by atoms with van der Waals surface area (Å²) in [5.74, 6) is 0.140. The number of hydrogen-bond donors (Lipinski definition) is 0. The molecular weight excluding hydrogens is 198 g/mol. The number of rotatable bonds is 1. The second kappa shape index (κ2) is 3.69. The van der Waals surface area contributed by atoms with Crippen LogP contribution in [0.5, 0.6) is 0 Å². The summed E-state index contributed by atoms with van der Waals surface area (Å²) < 4.78 is 0. The van der Waals surface area contributed by atoms with Crippen LogP contribution in [0, 0.1) is 5.41 Å².